The number of amides is 2. The number of carbonyl (C=O) groups is 2. The van der Waals surface area contributed by atoms with Crippen LogP contribution < -0.4 is 5.32 Å². The van der Waals surface area contributed by atoms with Crippen molar-refractivity contribution in [2.24, 2.45) is 5.92 Å². The second kappa shape index (κ2) is 10.6. The van der Waals surface area contributed by atoms with Gasteiger partial charge < -0.3 is 15.1 Å². The molecule has 1 aliphatic heterocycles. The van der Waals surface area contributed by atoms with Crippen molar-refractivity contribution in [3.8, 4) is 0 Å². The lowest BCUT2D eigenvalue weighted by atomic mass is 9.96. The molecule has 0 radical (unpaired) electrons. The van der Waals surface area contributed by atoms with E-state index in [1.807, 2.05) is 19.2 Å². The highest BCUT2D eigenvalue weighted by Crippen LogP contribution is 2.20. The van der Waals surface area contributed by atoms with Crippen LogP contribution in [0.25, 0.3) is 0 Å². The topological polar surface area (TPSA) is 52.7 Å². The van der Waals surface area contributed by atoms with E-state index in [4.69, 9.17) is 11.6 Å². The third-order valence-electron chi connectivity index (χ3n) is 5.54. The normalized spacial score (nSPS) is 16.8. The number of likely N-dealkylation sites (tertiary alicyclic amines) is 1. The van der Waals surface area contributed by atoms with E-state index in [1.54, 1.807) is 29.2 Å². The summed E-state index contributed by atoms with van der Waals surface area (Å²) in [6, 6.07) is 15.2. The fourth-order valence-electron chi connectivity index (χ4n) is 4.07. The smallest absolute Gasteiger partial charge is 0.253 e. The van der Waals surface area contributed by atoms with Crippen molar-refractivity contribution in [2.75, 3.05) is 38.5 Å². The van der Waals surface area contributed by atoms with Gasteiger partial charge in [-0.15, -0.1) is 0 Å². The Morgan fingerprint density at radius 2 is 1.97 bits per heavy atom. The zero-order valence-corrected chi connectivity index (χ0v) is 18.5. The predicted octanol–water partition coefficient (Wildman–Crippen LogP) is 4.33. The quantitative estimate of drug-likeness (QED) is 0.715. The van der Waals surface area contributed by atoms with Crippen LogP contribution in [0, 0.1) is 5.92 Å². The van der Waals surface area contributed by atoms with E-state index in [1.165, 1.54) is 12.5 Å². The first-order chi connectivity index (χ1) is 14.4. The molecule has 30 heavy (non-hydrogen) atoms. The van der Waals surface area contributed by atoms with Crippen molar-refractivity contribution in [1.82, 2.24) is 9.80 Å². The second-order valence-electron chi connectivity index (χ2n) is 8.13. The first-order valence-corrected chi connectivity index (χ1v) is 10.9. The van der Waals surface area contributed by atoms with Crippen molar-refractivity contribution in [3.63, 3.8) is 0 Å². The average molecular weight is 428 g/mol. The van der Waals surface area contributed by atoms with E-state index in [0.717, 1.165) is 50.5 Å². The van der Waals surface area contributed by atoms with Gasteiger partial charge >= 0.3 is 0 Å². The number of anilines is 1. The molecule has 5 nitrogen and oxygen atoms in total. The average Bonchev–Trinajstić information content (AvgIpc) is 2.73. The minimum atomic E-state index is -0.145. The van der Waals surface area contributed by atoms with Crippen LogP contribution in [0.1, 0.15) is 35.7 Å². The predicted molar refractivity (Wildman–Crippen MR) is 122 cm³/mol. The lowest BCUT2D eigenvalue weighted by molar-refractivity contribution is -0.114. The molecule has 0 saturated carbocycles. The van der Waals surface area contributed by atoms with Crippen molar-refractivity contribution in [3.05, 3.63) is 64.7 Å². The maximum absolute atomic E-state index is 12.9. The zero-order valence-electron chi connectivity index (χ0n) is 17.7. The number of nitrogens with zero attached hydrogens (tertiary/aromatic N) is 2. The molecule has 6 heteroatoms. The molecule has 3 rings (SSSR count). The van der Waals surface area contributed by atoms with Gasteiger partial charge in [0, 0.05) is 49.9 Å². The zero-order chi connectivity index (χ0) is 21.5. The lowest BCUT2D eigenvalue weighted by Crippen LogP contribution is -2.42. The van der Waals surface area contributed by atoms with Gasteiger partial charge in [0.1, 0.15) is 0 Å². The number of benzene rings is 2. The minimum Gasteiger partial charge on any atom is -0.341 e. The Labute approximate surface area is 184 Å². The van der Waals surface area contributed by atoms with Crippen LogP contribution in [0.5, 0.6) is 0 Å². The molecule has 0 spiro atoms. The molecule has 2 amide bonds. The molecule has 1 unspecified atom stereocenters. The Bertz CT molecular complexity index is 869. The van der Waals surface area contributed by atoms with Gasteiger partial charge in [0.2, 0.25) is 5.91 Å². The van der Waals surface area contributed by atoms with Crippen molar-refractivity contribution in [2.45, 2.75) is 26.2 Å². The highest BCUT2D eigenvalue weighted by atomic mass is 35.5. The van der Waals surface area contributed by atoms with E-state index in [0.29, 0.717) is 17.2 Å². The van der Waals surface area contributed by atoms with E-state index in [9.17, 15) is 9.59 Å². The third kappa shape index (κ3) is 6.57. The molecule has 160 valence electrons. The number of hydrogen-bond donors (Lipinski definition) is 1. The summed E-state index contributed by atoms with van der Waals surface area (Å²) >= 11 is 5.97. The van der Waals surface area contributed by atoms with Gasteiger partial charge in [0.25, 0.3) is 5.91 Å². The van der Waals surface area contributed by atoms with Crippen molar-refractivity contribution in [1.29, 1.82) is 0 Å². The number of halogens is 1. The van der Waals surface area contributed by atoms with Crippen LogP contribution in [0.15, 0.2) is 48.5 Å². The molecular weight excluding hydrogens is 398 g/mol. The van der Waals surface area contributed by atoms with E-state index in [-0.39, 0.29) is 11.8 Å². The summed E-state index contributed by atoms with van der Waals surface area (Å²) in [4.78, 5) is 28.4. The number of carbonyl (C=O) groups excluding carboxylic acids is 2. The Kier molecular flexibility index (Phi) is 7.88. The summed E-state index contributed by atoms with van der Waals surface area (Å²) in [6.45, 7) is 5.34. The van der Waals surface area contributed by atoms with Crippen molar-refractivity contribution < 1.29 is 9.59 Å². The van der Waals surface area contributed by atoms with Gasteiger partial charge in [-0.25, -0.2) is 0 Å². The van der Waals surface area contributed by atoms with E-state index in [2.05, 4.69) is 22.3 Å². The van der Waals surface area contributed by atoms with Crippen LogP contribution in [0.2, 0.25) is 5.02 Å². The number of rotatable bonds is 7. The number of hydrogen-bond acceptors (Lipinski definition) is 3. The SMILES string of the molecule is CC(=O)Nc1cccc(C(=O)N(C)CC2CCCN(CCc3ccc(Cl)cc3)C2)c1. The summed E-state index contributed by atoms with van der Waals surface area (Å²) in [5, 5.41) is 3.50. The molecule has 1 fully saturated rings. The van der Waals surface area contributed by atoms with Gasteiger partial charge in [-0.2, -0.15) is 0 Å². The van der Waals surface area contributed by atoms with Gasteiger partial charge in [0.05, 0.1) is 0 Å². The molecule has 0 aromatic heterocycles. The minimum absolute atomic E-state index is 0.0134. The monoisotopic (exact) mass is 427 g/mol. The van der Waals surface area contributed by atoms with Crippen molar-refractivity contribution >= 4 is 29.1 Å². The maximum Gasteiger partial charge on any atom is 0.253 e. The fourth-order valence-corrected chi connectivity index (χ4v) is 4.19. The van der Waals surface area contributed by atoms with E-state index < -0.39 is 0 Å². The molecule has 1 aliphatic rings. The Balaban J connectivity index is 1.51. The molecule has 2 aromatic rings. The fraction of sp³-hybridized carbons (Fsp3) is 0.417. The van der Waals surface area contributed by atoms with Crippen LogP contribution >= 0.6 is 11.6 Å². The second-order valence-corrected chi connectivity index (χ2v) is 8.57. The Morgan fingerprint density at radius 3 is 2.70 bits per heavy atom. The van der Waals surface area contributed by atoms with Crippen LogP contribution in [-0.2, 0) is 11.2 Å². The Morgan fingerprint density at radius 1 is 1.20 bits per heavy atom. The van der Waals surface area contributed by atoms with Gasteiger partial charge in [-0.3, -0.25) is 9.59 Å². The molecule has 0 aliphatic carbocycles. The largest absolute Gasteiger partial charge is 0.341 e. The maximum atomic E-state index is 12.9. The molecule has 2 aromatic carbocycles. The number of piperidine rings is 1. The Hall–Kier alpha value is -2.37. The molecular formula is C24H30ClN3O2. The lowest BCUT2D eigenvalue weighted by Gasteiger charge is -2.34. The summed E-state index contributed by atoms with van der Waals surface area (Å²) in [5.74, 6) is 0.311. The molecule has 1 saturated heterocycles. The van der Waals surface area contributed by atoms with Gasteiger partial charge in [0.15, 0.2) is 0 Å². The van der Waals surface area contributed by atoms with Crippen LogP contribution in [0.4, 0.5) is 5.69 Å². The summed E-state index contributed by atoms with van der Waals surface area (Å²) in [6.07, 6.45) is 3.31. The number of nitrogens with one attached hydrogen (secondary N) is 1. The van der Waals surface area contributed by atoms with Gasteiger partial charge in [-0.05, 0) is 67.6 Å². The van der Waals surface area contributed by atoms with Crippen LogP contribution in [-0.4, -0.2) is 54.8 Å². The van der Waals surface area contributed by atoms with Gasteiger partial charge in [-0.1, -0.05) is 29.8 Å². The first kappa shape index (κ1) is 22.3. The highest BCUT2D eigenvalue weighted by molar-refractivity contribution is 6.30. The summed E-state index contributed by atoms with van der Waals surface area (Å²) in [7, 11) is 1.86. The molecule has 1 N–H and O–H groups in total. The summed E-state index contributed by atoms with van der Waals surface area (Å²) in [5.41, 5.74) is 2.54. The molecule has 1 heterocycles. The van der Waals surface area contributed by atoms with Crippen LogP contribution in [0.3, 0.4) is 0 Å². The third-order valence-corrected chi connectivity index (χ3v) is 5.79. The first-order valence-electron chi connectivity index (χ1n) is 10.5. The standard InChI is InChI=1S/C24H30ClN3O2/c1-18(29)26-23-7-3-6-21(15-23)24(30)27(2)16-20-5-4-13-28(17-20)14-12-19-8-10-22(25)11-9-19/h3,6-11,15,20H,4-5,12-14,16-17H2,1-2H3,(H,26,29). The molecule has 1 atom stereocenters. The highest BCUT2D eigenvalue weighted by Gasteiger charge is 2.23. The van der Waals surface area contributed by atoms with E-state index >= 15 is 0 Å². The molecule has 0 bridgehead atoms. The summed E-state index contributed by atoms with van der Waals surface area (Å²) < 4.78 is 0.